The normalized spacial score (nSPS) is 13.5. The predicted molar refractivity (Wildman–Crippen MR) is 128 cm³/mol. The van der Waals surface area contributed by atoms with Crippen LogP contribution in [0.4, 0.5) is 5.69 Å². The number of hydrogen-bond acceptors (Lipinski definition) is 8. The highest BCUT2D eigenvalue weighted by Crippen LogP contribution is 2.36. The first-order valence-electron chi connectivity index (χ1n) is 10.6. The van der Waals surface area contributed by atoms with Gasteiger partial charge in [-0.25, -0.2) is 8.42 Å². The average Bonchev–Trinajstić information content (AvgIpc) is 3.27. The predicted octanol–water partition coefficient (Wildman–Crippen LogP) is 2.86. The fraction of sp³-hybridized carbons (Fsp3) is 0.250. The Morgan fingerprint density at radius 2 is 1.74 bits per heavy atom. The molecule has 4 N–H and O–H groups in total. The molecule has 0 radical (unpaired) electrons. The first-order chi connectivity index (χ1) is 16.3. The molecular weight excluding hydrogens is 460 g/mol. The van der Waals surface area contributed by atoms with E-state index in [0.29, 0.717) is 18.7 Å². The van der Waals surface area contributed by atoms with Crippen LogP contribution in [0.2, 0.25) is 0 Å². The second-order valence-corrected chi connectivity index (χ2v) is 9.56. The molecule has 4 rings (SSSR count). The number of aliphatic hydroxyl groups excluding tert-OH is 1. The topological polar surface area (TPSA) is 126 Å². The third kappa shape index (κ3) is 6.10. The van der Waals surface area contributed by atoms with E-state index in [4.69, 9.17) is 14.2 Å². The van der Waals surface area contributed by atoms with E-state index in [1.54, 1.807) is 0 Å². The van der Waals surface area contributed by atoms with Crippen LogP contribution in [0.1, 0.15) is 11.7 Å². The number of rotatable bonds is 10. The SMILES string of the molecule is CS(=O)(=O)Nc1cc([C@@H](O)CNCCOc2ccc(-c3ccc4c(c3)OCO4)cc2)ccc1O. The fourth-order valence-electron chi connectivity index (χ4n) is 3.46. The maximum Gasteiger partial charge on any atom is 0.231 e. The van der Waals surface area contributed by atoms with Crippen LogP contribution in [-0.4, -0.2) is 51.4 Å². The van der Waals surface area contributed by atoms with Crippen LogP contribution in [0.5, 0.6) is 23.0 Å². The van der Waals surface area contributed by atoms with E-state index in [-0.39, 0.29) is 24.8 Å². The Morgan fingerprint density at radius 3 is 2.50 bits per heavy atom. The Morgan fingerprint density at radius 1 is 1.00 bits per heavy atom. The van der Waals surface area contributed by atoms with Crippen molar-refractivity contribution >= 4 is 15.7 Å². The van der Waals surface area contributed by atoms with Gasteiger partial charge in [-0.05, 0) is 53.1 Å². The molecule has 180 valence electrons. The summed E-state index contributed by atoms with van der Waals surface area (Å²) >= 11 is 0. The molecule has 1 aliphatic heterocycles. The van der Waals surface area contributed by atoms with Crippen molar-refractivity contribution in [1.82, 2.24) is 5.32 Å². The zero-order valence-corrected chi connectivity index (χ0v) is 19.3. The van der Waals surface area contributed by atoms with E-state index >= 15 is 0 Å². The van der Waals surface area contributed by atoms with Gasteiger partial charge in [0.05, 0.1) is 18.0 Å². The van der Waals surface area contributed by atoms with Gasteiger partial charge in [0.15, 0.2) is 11.5 Å². The number of fused-ring (bicyclic) bond motifs is 1. The van der Waals surface area contributed by atoms with E-state index in [1.165, 1.54) is 18.2 Å². The molecule has 0 aliphatic carbocycles. The van der Waals surface area contributed by atoms with Gasteiger partial charge in [0.1, 0.15) is 18.1 Å². The van der Waals surface area contributed by atoms with Crippen molar-refractivity contribution in [2.24, 2.45) is 0 Å². The number of nitrogens with one attached hydrogen (secondary N) is 2. The Hall–Kier alpha value is -3.47. The van der Waals surface area contributed by atoms with Crippen molar-refractivity contribution in [2.75, 3.05) is 37.5 Å². The van der Waals surface area contributed by atoms with Gasteiger partial charge >= 0.3 is 0 Å². The third-order valence-corrected chi connectivity index (χ3v) is 5.74. The summed E-state index contributed by atoms with van der Waals surface area (Å²) in [6, 6.07) is 17.8. The minimum absolute atomic E-state index is 0.0200. The monoisotopic (exact) mass is 486 g/mol. The van der Waals surface area contributed by atoms with E-state index in [9.17, 15) is 18.6 Å². The first-order valence-corrected chi connectivity index (χ1v) is 12.5. The molecular formula is C24H26N2O7S. The number of hydrogen-bond donors (Lipinski definition) is 4. The van der Waals surface area contributed by atoms with Gasteiger partial charge in [0.25, 0.3) is 0 Å². The zero-order valence-electron chi connectivity index (χ0n) is 18.5. The average molecular weight is 487 g/mol. The molecule has 1 aliphatic rings. The highest BCUT2D eigenvalue weighted by atomic mass is 32.2. The highest BCUT2D eigenvalue weighted by molar-refractivity contribution is 7.92. The second-order valence-electron chi connectivity index (χ2n) is 7.81. The zero-order chi connectivity index (χ0) is 24.1. The quantitative estimate of drug-likeness (QED) is 0.255. The van der Waals surface area contributed by atoms with Crippen molar-refractivity contribution in [2.45, 2.75) is 6.10 Å². The molecule has 9 nitrogen and oxygen atoms in total. The molecule has 0 unspecified atom stereocenters. The maximum atomic E-state index is 11.4. The lowest BCUT2D eigenvalue weighted by Gasteiger charge is -2.15. The lowest BCUT2D eigenvalue weighted by molar-refractivity contribution is 0.172. The van der Waals surface area contributed by atoms with E-state index in [1.807, 2.05) is 42.5 Å². The van der Waals surface area contributed by atoms with E-state index in [2.05, 4.69) is 10.0 Å². The summed E-state index contributed by atoms with van der Waals surface area (Å²) in [4.78, 5) is 0. The van der Waals surface area contributed by atoms with Gasteiger partial charge in [-0.1, -0.05) is 24.3 Å². The minimum Gasteiger partial charge on any atom is -0.506 e. The van der Waals surface area contributed by atoms with Crippen LogP contribution in [0.3, 0.4) is 0 Å². The first kappa shape index (κ1) is 23.7. The number of phenols is 1. The maximum absolute atomic E-state index is 11.4. The molecule has 3 aromatic carbocycles. The molecule has 1 atom stereocenters. The van der Waals surface area contributed by atoms with Gasteiger partial charge in [-0.3, -0.25) is 4.72 Å². The molecule has 1 heterocycles. The van der Waals surface area contributed by atoms with Crippen molar-refractivity contribution < 1.29 is 32.8 Å². The minimum atomic E-state index is -3.55. The van der Waals surface area contributed by atoms with Gasteiger partial charge in [0.2, 0.25) is 16.8 Å². The smallest absolute Gasteiger partial charge is 0.231 e. The Kier molecular flexibility index (Phi) is 7.11. The molecule has 0 bridgehead atoms. The highest BCUT2D eigenvalue weighted by Gasteiger charge is 2.14. The van der Waals surface area contributed by atoms with Crippen LogP contribution >= 0.6 is 0 Å². The summed E-state index contributed by atoms with van der Waals surface area (Å²) in [5, 5.41) is 23.3. The largest absolute Gasteiger partial charge is 0.506 e. The third-order valence-electron chi connectivity index (χ3n) is 5.15. The summed E-state index contributed by atoms with van der Waals surface area (Å²) in [6.45, 7) is 1.36. The van der Waals surface area contributed by atoms with Crippen LogP contribution < -0.4 is 24.2 Å². The van der Waals surface area contributed by atoms with Gasteiger partial charge in [0, 0.05) is 13.1 Å². The lowest BCUT2D eigenvalue weighted by atomic mass is 10.1. The molecule has 0 aromatic heterocycles. The number of ether oxygens (including phenoxy) is 3. The number of benzene rings is 3. The van der Waals surface area contributed by atoms with E-state index < -0.39 is 16.1 Å². The number of phenolic OH excluding ortho intramolecular Hbond substituents is 1. The van der Waals surface area contributed by atoms with Crippen molar-refractivity contribution in [3.63, 3.8) is 0 Å². The Bertz CT molecular complexity index is 1250. The van der Waals surface area contributed by atoms with Crippen LogP contribution in [0, 0.1) is 0 Å². The standard InChI is InChI=1S/C24H26N2O7S/c1-34(29,30)26-20-12-18(4-8-21(20)27)22(28)14-25-10-11-31-19-6-2-16(3-7-19)17-5-9-23-24(13-17)33-15-32-23/h2-9,12-13,22,25-28H,10-11,14-15H2,1H3/t22-/m0/s1. The molecule has 0 fully saturated rings. The van der Waals surface area contributed by atoms with E-state index in [0.717, 1.165) is 34.6 Å². The number of sulfonamides is 1. The lowest BCUT2D eigenvalue weighted by Crippen LogP contribution is -2.26. The molecule has 0 saturated carbocycles. The van der Waals surface area contributed by atoms with Gasteiger partial charge in [-0.15, -0.1) is 0 Å². The summed E-state index contributed by atoms with van der Waals surface area (Å²) in [7, 11) is -3.55. The summed E-state index contributed by atoms with van der Waals surface area (Å²) < 4.78 is 41.6. The number of aliphatic hydroxyl groups is 1. The Balaban J connectivity index is 1.23. The summed E-state index contributed by atoms with van der Waals surface area (Å²) in [5.74, 6) is 1.99. The number of anilines is 1. The second kappa shape index (κ2) is 10.2. The molecule has 0 saturated heterocycles. The van der Waals surface area contributed by atoms with Gasteiger partial charge in [-0.2, -0.15) is 0 Å². The molecule has 0 amide bonds. The van der Waals surface area contributed by atoms with Crippen LogP contribution in [0.25, 0.3) is 11.1 Å². The molecule has 34 heavy (non-hydrogen) atoms. The van der Waals surface area contributed by atoms with Crippen molar-refractivity contribution in [3.8, 4) is 34.1 Å². The van der Waals surface area contributed by atoms with Crippen LogP contribution in [-0.2, 0) is 10.0 Å². The fourth-order valence-corrected chi connectivity index (χ4v) is 4.02. The summed E-state index contributed by atoms with van der Waals surface area (Å²) in [5.41, 5.74) is 2.55. The molecule has 10 heteroatoms. The molecule has 0 spiro atoms. The molecule has 3 aromatic rings. The van der Waals surface area contributed by atoms with Crippen molar-refractivity contribution in [1.29, 1.82) is 0 Å². The number of aromatic hydroxyl groups is 1. The van der Waals surface area contributed by atoms with Crippen molar-refractivity contribution in [3.05, 3.63) is 66.2 Å². The summed E-state index contributed by atoms with van der Waals surface area (Å²) in [6.07, 6.45) is 0.101. The van der Waals surface area contributed by atoms with Crippen LogP contribution in [0.15, 0.2) is 60.7 Å². The Labute approximate surface area is 198 Å². The van der Waals surface area contributed by atoms with Gasteiger partial charge < -0.3 is 29.7 Å².